The summed E-state index contributed by atoms with van der Waals surface area (Å²) >= 11 is 0. The smallest absolute Gasteiger partial charge is 0.234 e. The van der Waals surface area contributed by atoms with Gasteiger partial charge in [0.25, 0.3) is 0 Å². The average Bonchev–Trinajstić information content (AvgIpc) is 2.35. The lowest BCUT2D eigenvalue weighted by molar-refractivity contribution is -0.122. The van der Waals surface area contributed by atoms with E-state index in [9.17, 15) is 4.79 Å². The minimum absolute atomic E-state index is 0.176. The predicted molar refractivity (Wildman–Crippen MR) is 75.6 cm³/mol. The van der Waals surface area contributed by atoms with Crippen LogP contribution in [-0.2, 0) is 4.79 Å². The summed E-state index contributed by atoms with van der Waals surface area (Å²) in [7, 11) is 0. The molecule has 0 unspecified atom stereocenters. The van der Waals surface area contributed by atoms with Crippen molar-refractivity contribution in [3.8, 4) is 0 Å². The summed E-state index contributed by atoms with van der Waals surface area (Å²) < 4.78 is 0. The Bertz CT molecular complexity index is 235. The molecule has 4 nitrogen and oxygen atoms in total. The second-order valence-electron chi connectivity index (χ2n) is 5.63. The standard InChI is InChI=1S/C14H29N3O/c1-4-7-15-14(18)11-17-8-5-13(6-9-17)10-16-12(2)3/h12-13,16H,4-11H2,1-3H3,(H,15,18). The van der Waals surface area contributed by atoms with Crippen molar-refractivity contribution in [2.45, 2.75) is 46.1 Å². The van der Waals surface area contributed by atoms with Gasteiger partial charge in [-0.05, 0) is 44.8 Å². The first-order chi connectivity index (χ1) is 8.61. The fourth-order valence-corrected chi connectivity index (χ4v) is 2.27. The maximum atomic E-state index is 11.6. The van der Waals surface area contributed by atoms with Gasteiger partial charge in [-0.25, -0.2) is 0 Å². The molecule has 18 heavy (non-hydrogen) atoms. The second-order valence-corrected chi connectivity index (χ2v) is 5.63. The van der Waals surface area contributed by atoms with Crippen molar-refractivity contribution in [2.24, 2.45) is 5.92 Å². The molecule has 0 aromatic carbocycles. The van der Waals surface area contributed by atoms with E-state index in [0.29, 0.717) is 12.6 Å². The summed E-state index contributed by atoms with van der Waals surface area (Å²) in [6.07, 6.45) is 3.43. The van der Waals surface area contributed by atoms with E-state index in [1.807, 2.05) is 0 Å². The number of nitrogens with one attached hydrogen (secondary N) is 2. The molecule has 106 valence electrons. The molecule has 1 heterocycles. The largest absolute Gasteiger partial charge is 0.355 e. The molecule has 1 aliphatic rings. The van der Waals surface area contributed by atoms with Crippen molar-refractivity contribution in [2.75, 3.05) is 32.7 Å². The first-order valence-electron chi connectivity index (χ1n) is 7.34. The second kappa shape index (κ2) is 8.48. The van der Waals surface area contributed by atoms with Gasteiger partial charge in [-0.3, -0.25) is 9.69 Å². The topological polar surface area (TPSA) is 44.4 Å². The molecule has 0 aliphatic carbocycles. The molecule has 1 aliphatic heterocycles. The number of rotatable bonds is 7. The van der Waals surface area contributed by atoms with Crippen molar-refractivity contribution >= 4 is 5.91 Å². The Kier molecular flexibility index (Phi) is 7.28. The fourth-order valence-electron chi connectivity index (χ4n) is 2.27. The van der Waals surface area contributed by atoms with Crippen LogP contribution < -0.4 is 10.6 Å². The Balaban J connectivity index is 2.13. The molecule has 1 rings (SSSR count). The first-order valence-corrected chi connectivity index (χ1v) is 7.34. The number of likely N-dealkylation sites (tertiary alicyclic amines) is 1. The molecule has 1 amide bonds. The molecule has 1 fully saturated rings. The highest BCUT2D eigenvalue weighted by Crippen LogP contribution is 2.16. The zero-order valence-electron chi connectivity index (χ0n) is 12.2. The third-order valence-electron chi connectivity index (χ3n) is 3.46. The van der Waals surface area contributed by atoms with Crippen molar-refractivity contribution in [3.05, 3.63) is 0 Å². The van der Waals surface area contributed by atoms with Crippen LogP contribution in [0, 0.1) is 5.92 Å². The average molecular weight is 255 g/mol. The van der Waals surface area contributed by atoms with Crippen LogP contribution in [0.2, 0.25) is 0 Å². The van der Waals surface area contributed by atoms with Crippen LogP contribution >= 0.6 is 0 Å². The van der Waals surface area contributed by atoms with Crippen molar-refractivity contribution in [1.29, 1.82) is 0 Å². The SMILES string of the molecule is CCCNC(=O)CN1CCC(CNC(C)C)CC1. The minimum Gasteiger partial charge on any atom is -0.355 e. The predicted octanol–water partition coefficient (Wildman–Crippen LogP) is 1.22. The number of carbonyl (C=O) groups is 1. The summed E-state index contributed by atoms with van der Waals surface area (Å²) in [6, 6.07) is 0.572. The van der Waals surface area contributed by atoms with Gasteiger partial charge in [0.05, 0.1) is 6.54 Å². The highest BCUT2D eigenvalue weighted by molar-refractivity contribution is 5.77. The Morgan fingerprint density at radius 1 is 1.33 bits per heavy atom. The lowest BCUT2D eigenvalue weighted by atomic mass is 9.96. The lowest BCUT2D eigenvalue weighted by Crippen LogP contribution is -2.43. The molecule has 0 radical (unpaired) electrons. The van der Waals surface area contributed by atoms with Crippen LogP contribution in [0.1, 0.15) is 40.0 Å². The number of hydrogen-bond donors (Lipinski definition) is 2. The highest BCUT2D eigenvalue weighted by Gasteiger charge is 2.20. The van der Waals surface area contributed by atoms with Gasteiger partial charge in [-0.15, -0.1) is 0 Å². The van der Waals surface area contributed by atoms with E-state index in [0.717, 1.165) is 38.5 Å². The van der Waals surface area contributed by atoms with E-state index < -0.39 is 0 Å². The van der Waals surface area contributed by atoms with E-state index >= 15 is 0 Å². The van der Waals surface area contributed by atoms with Gasteiger partial charge in [-0.1, -0.05) is 20.8 Å². The zero-order chi connectivity index (χ0) is 13.4. The summed E-state index contributed by atoms with van der Waals surface area (Å²) in [5, 5.41) is 6.44. The molecular formula is C14H29N3O. The Hall–Kier alpha value is -0.610. The fraction of sp³-hybridized carbons (Fsp3) is 0.929. The monoisotopic (exact) mass is 255 g/mol. The van der Waals surface area contributed by atoms with Crippen LogP contribution in [-0.4, -0.2) is 49.6 Å². The van der Waals surface area contributed by atoms with E-state index in [1.165, 1.54) is 12.8 Å². The van der Waals surface area contributed by atoms with Gasteiger partial charge < -0.3 is 10.6 Å². The van der Waals surface area contributed by atoms with Crippen molar-refractivity contribution in [1.82, 2.24) is 15.5 Å². The van der Waals surface area contributed by atoms with Gasteiger partial charge in [0.2, 0.25) is 5.91 Å². The van der Waals surface area contributed by atoms with E-state index in [2.05, 4.69) is 36.3 Å². The molecule has 0 spiro atoms. The summed E-state index contributed by atoms with van der Waals surface area (Å²) in [4.78, 5) is 13.9. The number of amides is 1. The number of carbonyl (C=O) groups excluding carboxylic acids is 1. The molecule has 0 saturated carbocycles. The van der Waals surface area contributed by atoms with Crippen molar-refractivity contribution in [3.63, 3.8) is 0 Å². The Morgan fingerprint density at radius 3 is 2.56 bits per heavy atom. The molecule has 0 atom stereocenters. The molecular weight excluding hydrogens is 226 g/mol. The molecule has 0 aromatic rings. The number of hydrogen-bond acceptors (Lipinski definition) is 3. The minimum atomic E-state index is 0.176. The molecule has 0 aromatic heterocycles. The van der Waals surface area contributed by atoms with Crippen LogP contribution in [0.5, 0.6) is 0 Å². The summed E-state index contributed by atoms with van der Waals surface area (Å²) in [6.45, 7) is 11.1. The number of nitrogens with zero attached hydrogens (tertiary/aromatic N) is 1. The van der Waals surface area contributed by atoms with Gasteiger partial charge in [-0.2, -0.15) is 0 Å². The van der Waals surface area contributed by atoms with Crippen molar-refractivity contribution < 1.29 is 4.79 Å². The number of piperidine rings is 1. The maximum absolute atomic E-state index is 11.6. The first kappa shape index (κ1) is 15.4. The quantitative estimate of drug-likeness (QED) is 0.719. The van der Waals surface area contributed by atoms with Crippen LogP contribution in [0.4, 0.5) is 0 Å². The van der Waals surface area contributed by atoms with Gasteiger partial charge in [0.15, 0.2) is 0 Å². The van der Waals surface area contributed by atoms with Crippen LogP contribution in [0.25, 0.3) is 0 Å². The highest BCUT2D eigenvalue weighted by atomic mass is 16.2. The third-order valence-corrected chi connectivity index (χ3v) is 3.46. The lowest BCUT2D eigenvalue weighted by Gasteiger charge is -2.31. The molecule has 0 bridgehead atoms. The van der Waals surface area contributed by atoms with E-state index in [-0.39, 0.29) is 5.91 Å². The summed E-state index contributed by atoms with van der Waals surface area (Å²) in [5.41, 5.74) is 0. The Labute approximate surface area is 111 Å². The van der Waals surface area contributed by atoms with Gasteiger partial charge in [0, 0.05) is 12.6 Å². The van der Waals surface area contributed by atoms with Gasteiger partial charge in [0.1, 0.15) is 0 Å². The third kappa shape index (κ3) is 6.36. The maximum Gasteiger partial charge on any atom is 0.234 e. The van der Waals surface area contributed by atoms with E-state index in [1.54, 1.807) is 0 Å². The molecule has 4 heteroatoms. The normalized spacial score (nSPS) is 18.2. The zero-order valence-corrected chi connectivity index (χ0v) is 12.2. The van der Waals surface area contributed by atoms with Crippen LogP contribution in [0.15, 0.2) is 0 Å². The van der Waals surface area contributed by atoms with Gasteiger partial charge >= 0.3 is 0 Å². The van der Waals surface area contributed by atoms with E-state index in [4.69, 9.17) is 0 Å². The molecule has 2 N–H and O–H groups in total. The Morgan fingerprint density at radius 2 is 2.00 bits per heavy atom. The molecule has 1 saturated heterocycles. The summed E-state index contributed by atoms with van der Waals surface area (Å²) in [5.74, 6) is 0.956. The van der Waals surface area contributed by atoms with Crippen LogP contribution in [0.3, 0.4) is 0 Å².